The van der Waals surface area contributed by atoms with Crippen molar-refractivity contribution >= 4 is 22.4 Å². The molecule has 0 aliphatic carbocycles. The molecule has 0 saturated carbocycles. The van der Waals surface area contributed by atoms with Gasteiger partial charge in [0, 0.05) is 37.8 Å². The molecule has 0 atom stereocenters. The van der Waals surface area contributed by atoms with E-state index in [0.29, 0.717) is 6.61 Å². The molecule has 0 aliphatic heterocycles. The second-order valence-corrected chi connectivity index (χ2v) is 5.32. The molecular weight excluding hydrogens is 276 g/mol. The summed E-state index contributed by atoms with van der Waals surface area (Å²) >= 11 is 1.52. The Morgan fingerprint density at radius 3 is 3.00 bits per heavy atom. The van der Waals surface area contributed by atoms with E-state index in [0.717, 1.165) is 22.9 Å². The number of hydrogen-bond acceptors (Lipinski definition) is 6. The summed E-state index contributed by atoms with van der Waals surface area (Å²) in [7, 11) is 3.87. The topological polar surface area (TPSA) is 60.2 Å². The lowest BCUT2D eigenvalue weighted by atomic mass is 10.3. The van der Waals surface area contributed by atoms with Crippen LogP contribution in [-0.2, 0) is 29.5 Å². The van der Waals surface area contributed by atoms with E-state index in [1.54, 1.807) is 11.6 Å². The van der Waals surface area contributed by atoms with E-state index in [4.69, 9.17) is 4.74 Å². The van der Waals surface area contributed by atoms with Gasteiger partial charge in [-0.05, 0) is 6.92 Å². The lowest BCUT2D eigenvalue weighted by Crippen LogP contribution is -2.16. The molecule has 2 rings (SSSR count). The third-order valence-electron chi connectivity index (χ3n) is 2.68. The second kappa shape index (κ2) is 6.51. The maximum absolute atomic E-state index is 11.4. The lowest BCUT2D eigenvalue weighted by molar-refractivity contribution is -0.142. The molecule has 6 nitrogen and oxygen atoms in total. The fourth-order valence-corrected chi connectivity index (χ4v) is 2.60. The number of hydrogen-bond donors (Lipinski definition) is 0. The average molecular weight is 294 g/mol. The van der Waals surface area contributed by atoms with Crippen LogP contribution in [0.3, 0.4) is 0 Å². The van der Waals surface area contributed by atoms with Gasteiger partial charge in [-0.3, -0.25) is 9.48 Å². The Morgan fingerprint density at radius 1 is 1.55 bits per heavy atom. The highest BCUT2D eigenvalue weighted by atomic mass is 32.1. The Kier molecular flexibility index (Phi) is 4.73. The van der Waals surface area contributed by atoms with Gasteiger partial charge < -0.3 is 9.64 Å². The molecule has 0 unspecified atom stereocenters. The Balaban J connectivity index is 1.95. The molecule has 0 aromatic carbocycles. The number of anilines is 1. The largest absolute Gasteiger partial charge is 0.466 e. The van der Waals surface area contributed by atoms with Crippen LogP contribution in [0, 0.1) is 0 Å². The smallest absolute Gasteiger partial charge is 0.311 e. The summed E-state index contributed by atoms with van der Waals surface area (Å²) in [5.41, 5.74) is 1.87. The van der Waals surface area contributed by atoms with Crippen LogP contribution in [0.4, 0.5) is 5.13 Å². The quantitative estimate of drug-likeness (QED) is 0.758. The van der Waals surface area contributed by atoms with Gasteiger partial charge in [0.05, 0.1) is 24.9 Å². The zero-order valence-corrected chi connectivity index (χ0v) is 12.7. The van der Waals surface area contributed by atoms with E-state index in [1.807, 2.05) is 36.8 Å². The van der Waals surface area contributed by atoms with Gasteiger partial charge in [-0.2, -0.15) is 5.10 Å². The number of nitrogens with zero attached hydrogens (tertiary/aromatic N) is 4. The fourth-order valence-electron chi connectivity index (χ4n) is 1.81. The number of thiazole rings is 1. The van der Waals surface area contributed by atoms with E-state index < -0.39 is 0 Å². The molecule has 2 aromatic heterocycles. The number of carbonyl (C=O) groups excluding carboxylic acids is 1. The van der Waals surface area contributed by atoms with Crippen LogP contribution in [0.2, 0.25) is 0 Å². The normalized spacial score (nSPS) is 10.6. The number of rotatable bonds is 6. The molecule has 0 fully saturated rings. The highest BCUT2D eigenvalue weighted by Gasteiger charge is 2.11. The summed E-state index contributed by atoms with van der Waals surface area (Å²) in [6.45, 7) is 2.93. The molecular formula is C13H18N4O2S. The zero-order valence-electron chi connectivity index (χ0n) is 11.9. The molecule has 20 heavy (non-hydrogen) atoms. The number of carbonyl (C=O) groups is 1. The molecule has 7 heteroatoms. The van der Waals surface area contributed by atoms with Crippen molar-refractivity contribution in [3.63, 3.8) is 0 Å². The highest BCUT2D eigenvalue weighted by molar-refractivity contribution is 7.13. The van der Waals surface area contributed by atoms with Crippen molar-refractivity contribution in [3.05, 3.63) is 29.0 Å². The molecule has 0 saturated heterocycles. The van der Waals surface area contributed by atoms with Gasteiger partial charge >= 0.3 is 5.97 Å². The van der Waals surface area contributed by atoms with Gasteiger partial charge in [0.1, 0.15) is 0 Å². The highest BCUT2D eigenvalue weighted by Crippen LogP contribution is 2.21. The number of ether oxygens (including phenoxy) is 1. The van der Waals surface area contributed by atoms with Gasteiger partial charge in [0.15, 0.2) is 5.13 Å². The minimum Gasteiger partial charge on any atom is -0.466 e. The maximum Gasteiger partial charge on any atom is 0.311 e. The average Bonchev–Trinajstić information content (AvgIpc) is 2.99. The first-order chi connectivity index (χ1) is 9.58. The number of esters is 1. The van der Waals surface area contributed by atoms with Crippen molar-refractivity contribution < 1.29 is 9.53 Å². The van der Waals surface area contributed by atoms with Crippen LogP contribution in [0.1, 0.15) is 18.2 Å². The fraction of sp³-hybridized carbons (Fsp3) is 0.462. The zero-order chi connectivity index (χ0) is 14.5. The molecule has 2 aromatic rings. The molecule has 108 valence electrons. The van der Waals surface area contributed by atoms with Crippen molar-refractivity contribution in [3.8, 4) is 0 Å². The van der Waals surface area contributed by atoms with Crippen molar-refractivity contribution in [2.75, 3.05) is 18.6 Å². The van der Waals surface area contributed by atoms with Crippen LogP contribution in [-0.4, -0.2) is 34.4 Å². The van der Waals surface area contributed by atoms with E-state index in [1.165, 1.54) is 11.3 Å². The second-order valence-electron chi connectivity index (χ2n) is 4.48. The Morgan fingerprint density at radius 2 is 2.35 bits per heavy atom. The van der Waals surface area contributed by atoms with Crippen LogP contribution in [0.5, 0.6) is 0 Å². The van der Waals surface area contributed by atoms with E-state index in [-0.39, 0.29) is 12.4 Å². The van der Waals surface area contributed by atoms with E-state index in [9.17, 15) is 4.79 Å². The first-order valence-electron chi connectivity index (χ1n) is 6.37. The monoisotopic (exact) mass is 294 g/mol. The molecule has 0 bridgehead atoms. The predicted molar refractivity (Wildman–Crippen MR) is 77.8 cm³/mol. The van der Waals surface area contributed by atoms with Crippen molar-refractivity contribution in [1.29, 1.82) is 0 Å². The Hall–Kier alpha value is -1.89. The first-order valence-corrected chi connectivity index (χ1v) is 7.25. The van der Waals surface area contributed by atoms with Gasteiger partial charge in [-0.15, -0.1) is 11.3 Å². The molecule has 0 N–H and O–H groups in total. The summed E-state index contributed by atoms with van der Waals surface area (Å²) in [4.78, 5) is 17.9. The van der Waals surface area contributed by atoms with Crippen molar-refractivity contribution in [2.45, 2.75) is 19.9 Å². The summed E-state index contributed by atoms with van der Waals surface area (Å²) in [6.07, 6.45) is 4.04. The van der Waals surface area contributed by atoms with Crippen LogP contribution >= 0.6 is 11.3 Å². The molecule has 0 spiro atoms. The van der Waals surface area contributed by atoms with Crippen molar-refractivity contribution in [1.82, 2.24) is 14.8 Å². The first kappa shape index (κ1) is 14.5. The summed E-state index contributed by atoms with van der Waals surface area (Å²) in [5.74, 6) is -0.237. The third kappa shape index (κ3) is 3.80. The summed E-state index contributed by atoms with van der Waals surface area (Å²) in [6, 6.07) is 0. The van der Waals surface area contributed by atoms with Crippen LogP contribution in [0.15, 0.2) is 17.8 Å². The number of aryl methyl sites for hydroxylation is 1. The van der Waals surface area contributed by atoms with Crippen molar-refractivity contribution in [2.24, 2.45) is 7.05 Å². The van der Waals surface area contributed by atoms with Gasteiger partial charge in [-0.25, -0.2) is 4.98 Å². The third-order valence-corrected chi connectivity index (χ3v) is 3.68. The van der Waals surface area contributed by atoms with E-state index >= 15 is 0 Å². The van der Waals surface area contributed by atoms with Gasteiger partial charge in [0.2, 0.25) is 0 Å². The standard InChI is InChI=1S/C13H18N4O2S/c1-4-19-12(18)5-11-9-20-13(15-11)16(2)7-10-6-14-17(3)8-10/h6,8-9H,4-5,7H2,1-3H3. The van der Waals surface area contributed by atoms with E-state index in [2.05, 4.69) is 10.1 Å². The van der Waals surface area contributed by atoms with Crippen LogP contribution < -0.4 is 4.90 Å². The number of aromatic nitrogens is 3. The molecule has 0 aliphatic rings. The minimum absolute atomic E-state index is 0.227. The van der Waals surface area contributed by atoms with Gasteiger partial charge in [0.25, 0.3) is 0 Å². The molecule has 0 radical (unpaired) electrons. The SMILES string of the molecule is CCOC(=O)Cc1csc(N(C)Cc2cnn(C)c2)n1. The lowest BCUT2D eigenvalue weighted by Gasteiger charge is -2.13. The molecule has 0 amide bonds. The Bertz CT molecular complexity index is 578. The molecule has 2 heterocycles. The summed E-state index contributed by atoms with van der Waals surface area (Å²) in [5, 5.41) is 6.92. The predicted octanol–water partition coefficient (Wildman–Crippen LogP) is 1.62. The van der Waals surface area contributed by atoms with Gasteiger partial charge in [-0.1, -0.05) is 0 Å². The summed E-state index contributed by atoms with van der Waals surface area (Å²) < 4.78 is 6.69. The Labute approximate surface area is 122 Å². The minimum atomic E-state index is -0.237. The maximum atomic E-state index is 11.4. The van der Waals surface area contributed by atoms with Crippen LogP contribution in [0.25, 0.3) is 0 Å².